The van der Waals surface area contributed by atoms with Gasteiger partial charge in [-0.15, -0.1) is 5.10 Å². The van der Waals surface area contributed by atoms with Crippen molar-refractivity contribution in [1.29, 1.82) is 0 Å². The minimum atomic E-state index is -0.102. The number of methoxy groups -OCH3 is 4. The maximum absolute atomic E-state index is 12.5. The first-order valence-corrected chi connectivity index (χ1v) is 11.9. The molecule has 4 rings (SSSR count). The standard InChI is InChI=1S/C24H27N5O5S/c1-14-26-23-16-11-20(33-4)21(34-5)12-17(16)27-24(29(23)28-14)35-13-22(30)25-9-8-15-6-7-18(31-2)19(10-15)32-3/h6-7,10-12H,8-9,13H2,1-5H3,(H,25,30). The lowest BCUT2D eigenvalue weighted by Gasteiger charge is -2.11. The fourth-order valence-electron chi connectivity index (χ4n) is 3.67. The highest BCUT2D eigenvalue weighted by Crippen LogP contribution is 2.34. The van der Waals surface area contributed by atoms with E-state index < -0.39 is 0 Å². The van der Waals surface area contributed by atoms with Crippen LogP contribution < -0.4 is 24.3 Å². The van der Waals surface area contributed by atoms with Crippen LogP contribution in [-0.4, -0.2) is 66.2 Å². The number of aryl methyl sites for hydroxylation is 1. The van der Waals surface area contributed by atoms with Gasteiger partial charge in [0.1, 0.15) is 5.82 Å². The van der Waals surface area contributed by atoms with E-state index in [4.69, 9.17) is 23.9 Å². The van der Waals surface area contributed by atoms with Crippen molar-refractivity contribution in [3.8, 4) is 23.0 Å². The molecule has 0 spiro atoms. The lowest BCUT2D eigenvalue weighted by molar-refractivity contribution is -0.118. The zero-order valence-corrected chi connectivity index (χ0v) is 21.1. The Labute approximate surface area is 206 Å². The topological polar surface area (TPSA) is 109 Å². The molecule has 2 aromatic carbocycles. The molecule has 1 N–H and O–H groups in total. The molecule has 0 fully saturated rings. The van der Waals surface area contributed by atoms with E-state index in [-0.39, 0.29) is 11.7 Å². The highest BCUT2D eigenvalue weighted by atomic mass is 32.2. The first-order valence-electron chi connectivity index (χ1n) is 10.9. The van der Waals surface area contributed by atoms with Crippen LogP contribution in [0.5, 0.6) is 23.0 Å². The second kappa shape index (κ2) is 10.7. The van der Waals surface area contributed by atoms with Crippen LogP contribution in [-0.2, 0) is 11.2 Å². The number of nitrogens with zero attached hydrogens (tertiary/aromatic N) is 4. The van der Waals surface area contributed by atoms with Crippen LogP contribution >= 0.6 is 11.8 Å². The Hall–Kier alpha value is -3.73. The van der Waals surface area contributed by atoms with Gasteiger partial charge in [-0.2, -0.15) is 4.52 Å². The van der Waals surface area contributed by atoms with Gasteiger partial charge in [0.05, 0.1) is 39.7 Å². The van der Waals surface area contributed by atoms with Crippen LogP contribution in [0.1, 0.15) is 11.4 Å². The fraction of sp³-hybridized carbons (Fsp3) is 0.333. The van der Waals surface area contributed by atoms with Crippen molar-refractivity contribution < 1.29 is 23.7 Å². The van der Waals surface area contributed by atoms with Gasteiger partial charge in [-0.05, 0) is 37.1 Å². The molecule has 11 heteroatoms. The summed E-state index contributed by atoms with van der Waals surface area (Å²) >= 11 is 1.30. The van der Waals surface area contributed by atoms with Gasteiger partial charge in [-0.25, -0.2) is 9.97 Å². The number of carbonyl (C=O) groups excluding carboxylic acids is 1. The summed E-state index contributed by atoms with van der Waals surface area (Å²) < 4.78 is 23.1. The van der Waals surface area contributed by atoms with E-state index in [9.17, 15) is 4.79 Å². The van der Waals surface area contributed by atoms with Crippen molar-refractivity contribution in [2.45, 2.75) is 18.5 Å². The molecule has 0 bridgehead atoms. The first-order chi connectivity index (χ1) is 17.0. The summed E-state index contributed by atoms with van der Waals surface area (Å²) in [6.45, 7) is 2.31. The molecule has 0 aliphatic rings. The normalized spacial score (nSPS) is 11.0. The van der Waals surface area contributed by atoms with Crippen molar-refractivity contribution in [2.24, 2.45) is 0 Å². The summed E-state index contributed by atoms with van der Waals surface area (Å²) in [5, 5.41) is 8.77. The van der Waals surface area contributed by atoms with Crippen molar-refractivity contribution in [3.63, 3.8) is 0 Å². The summed E-state index contributed by atoms with van der Waals surface area (Å²) in [4.78, 5) is 21.8. The maximum Gasteiger partial charge on any atom is 0.230 e. The molecule has 4 aromatic rings. The molecule has 10 nitrogen and oxygen atoms in total. The SMILES string of the molecule is COc1ccc(CCNC(=O)CSc2nc3cc(OC)c(OC)cc3c3nc(C)nn23)cc1OC. The predicted octanol–water partition coefficient (Wildman–Crippen LogP) is 3.07. The van der Waals surface area contributed by atoms with Crippen LogP contribution in [0.25, 0.3) is 16.6 Å². The van der Waals surface area contributed by atoms with Crippen molar-refractivity contribution >= 4 is 34.2 Å². The number of rotatable bonds is 10. The first kappa shape index (κ1) is 24.4. The number of amides is 1. The third kappa shape index (κ3) is 5.19. The summed E-state index contributed by atoms with van der Waals surface area (Å²) in [5.41, 5.74) is 2.36. The number of fused-ring (bicyclic) bond motifs is 3. The van der Waals surface area contributed by atoms with Gasteiger partial charge in [0.2, 0.25) is 5.91 Å². The minimum absolute atomic E-state index is 0.102. The molecule has 0 saturated heterocycles. The lowest BCUT2D eigenvalue weighted by atomic mass is 10.1. The molecular formula is C24H27N5O5S. The molecule has 0 atom stereocenters. The van der Waals surface area contributed by atoms with Gasteiger partial charge in [-0.3, -0.25) is 4.79 Å². The van der Waals surface area contributed by atoms with Crippen LogP contribution in [0.2, 0.25) is 0 Å². The van der Waals surface area contributed by atoms with Gasteiger partial charge >= 0.3 is 0 Å². The molecule has 0 saturated carbocycles. The second-order valence-corrected chi connectivity index (χ2v) is 8.53. The van der Waals surface area contributed by atoms with Crippen molar-refractivity contribution in [3.05, 3.63) is 41.7 Å². The Bertz CT molecular complexity index is 1370. The Morgan fingerprint density at radius 2 is 1.63 bits per heavy atom. The van der Waals surface area contributed by atoms with Crippen molar-refractivity contribution in [2.75, 3.05) is 40.7 Å². The number of nitrogens with one attached hydrogen (secondary N) is 1. The summed E-state index contributed by atoms with van der Waals surface area (Å²) in [7, 11) is 6.35. The van der Waals surface area contributed by atoms with Crippen molar-refractivity contribution in [1.82, 2.24) is 24.9 Å². The van der Waals surface area contributed by atoms with E-state index in [1.54, 1.807) is 39.0 Å². The molecule has 0 unspecified atom stereocenters. The molecule has 35 heavy (non-hydrogen) atoms. The highest BCUT2D eigenvalue weighted by molar-refractivity contribution is 7.99. The van der Waals surface area contributed by atoms with Gasteiger partial charge in [-0.1, -0.05) is 17.8 Å². The highest BCUT2D eigenvalue weighted by Gasteiger charge is 2.17. The van der Waals surface area contributed by atoms with Crippen LogP contribution in [0, 0.1) is 6.92 Å². The van der Waals surface area contributed by atoms with Gasteiger partial charge < -0.3 is 24.3 Å². The molecule has 2 aromatic heterocycles. The fourth-order valence-corrected chi connectivity index (χ4v) is 4.44. The quantitative estimate of drug-likeness (QED) is 0.261. The number of carbonyl (C=O) groups is 1. The number of hydrogen-bond acceptors (Lipinski definition) is 9. The Morgan fingerprint density at radius 1 is 0.943 bits per heavy atom. The zero-order valence-electron chi connectivity index (χ0n) is 20.2. The summed E-state index contributed by atoms with van der Waals surface area (Å²) in [6.07, 6.45) is 0.666. The van der Waals surface area contributed by atoms with E-state index in [0.29, 0.717) is 58.1 Å². The maximum atomic E-state index is 12.5. The molecular weight excluding hydrogens is 470 g/mol. The molecule has 0 radical (unpaired) electrons. The van der Waals surface area contributed by atoms with Crippen LogP contribution in [0.15, 0.2) is 35.5 Å². The van der Waals surface area contributed by atoms with E-state index in [0.717, 1.165) is 10.9 Å². The van der Waals surface area contributed by atoms with E-state index in [1.165, 1.54) is 11.8 Å². The summed E-state index contributed by atoms with van der Waals surface area (Å²) in [6, 6.07) is 9.35. The number of hydrogen-bond donors (Lipinski definition) is 1. The van der Waals surface area contributed by atoms with Gasteiger partial charge in [0.15, 0.2) is 33.8 Å². The number of ether oxygens (including phenoxy) is 4. The minimum Gasteiger partial charge on any atom is -0.493 e. The number of aromatic nitrogens is 4. The largest absolute Gasteiger partial charge is 0.493 e. The van der Waals surface area contributed by atoms with E-state index >= 15 is 0 Å². The Kier molecular flexibility index (Phi) is 7.45. The summed E-state index contributed by atoms with van der Waals surface area (Å²) in [5.74, 6) is 3.17. The van der Waals surface area contributed by atoms with E-state index in [2.05, 4.69) is 15.4 Å². The number of benzene rings is 2. The molecule has 184 valence electrons. The van der Waals surface area contributed by atoms with Gasteiger partial charge in [0, 0.05) is 18.0 Å². The third-order valence-electron chi connectivity index (χ3n) is 5.37. The molecule has 0 aliphatic heterocycles. The van der Waals surface area contributed by atoms with Crippen LogP contribution in [0.3, 0.4) is 0 Å². The average molecular weight is 498 g/mol. The second-order valence-electron chi connectivity index (χ2n) is 7.59. The zero-order chi connectivity index (χ0) is 24.9. The molecule has 2 heterocycles. The lowest BCUT2D eigenvalue weighted by Crippen LogP contribution is -2.27. The van der Waals surface area contributed by atoms with Gasteiger partial charge in [0.25, 0.3) is 0 Å². The monoisotopic (exact) mass is 497 g/mol. The Morgan fingerprint density at radius 3 is 2.34 bits per heavy atom. The molecule has 1 amide bonds. The predicted molar refractivity (Wildman–Crippen MR) is 133 cm³/mol. The Balaban J connectivity index is 1.46. The van der Waals surface area contributed by atoms with Crippen LogP contribution in [0.4, 0.5) is 0 Å². The number of thioether (sulfide) groups is 1. The average Bonchev–Trinajstić information content (AvgIpc) is 3.28. The molecule has 0 aliphatic carbocycles. The third-order valence-corrected chi connectivity index (χ3v) is 6.30. The van der Waals surface area contributed by atoms with E-state index in [1.807, 2.05) is 31.2 Å². The smallest absolute Gasteiger partial charge is 0.230 e.